The van der Waals surface area contributed by atoms with Crippen molar-refractivity contribution < 1.29 is 22.7 Å². The molecule has 0 aliphatic carbocycles. The van der Waals surface area contributed by atoms with Crippen LogP contribution >= 0.6 is 11.6 Å². The summed E-state index contributed by atoms with van der Waals surface area (Å²) < 4.78 is 35.1. The molecule has 2 amide bonds. The van der Waals surface area contributed by atoms with Gasteiger partial charge >= 0.3 is 0 Å². The molecule has 1 unspecified atom stereocenters. The molecule has 1 atom stereocenters. The van der Waals surface area contributed by atoms with Crippen LogP contribution in [0, 0.1) is 0 Å². The van der Waals surface area contributed by atoms with Crippen LogP contribution in [0.25, 0.3) is 0 Å². The minimum absolute atomic E-state index is 0.0316. The Hall–Kier alpha value is -4.34. The molecule has 45 heavy (non-hydrogen) atoms. The lowest BCUT2D eigenvalue weighted by atomic mass is 10.1. The number of carbonyl (C=O) groups excluding carboxylic acids is 2. The fourth-order valence-electron chi connectivity index (χ4n) is 4.71. The number of sulfonamides is 1. The number of nitrogens with one attached hydrogen (secondary N) is 1. The molecule has 236 valence electrons. The van der Waals surface area contributed by atoms with Crippen molar-refractivity contribution >= 4 is 39.1 Å². The largest absolute Gasteiger partial charge is 0.457 e. The van der Waals surface area contributed by atoms with Crippen molar-refractivity contribution in [3.63, 3.8) is 0 Å². The Kier molecular flexibility index (Phi) is 10.9. The SMILES string of the molecule is CCC(C(=O)NC(C)(C)C)N(Cc1ccc(Cl)cc1)C(=O)CN(c1ccc(Oc2ccccc2)cc1)S(=O)(=O)c1ccccc1. The van der Waals surface area contributed by atoms with Gasteiger partial charge in [-0.1, -0.05) is 67.1 Å². The number of hydrogen-bond acceptors (Lipinski definition) is 5. The molecule has 4 aromatic rings. The highest BCUT2D eigenvalue weighted by Crippen LogP contribution is 2.29. The van der Waals surface area contributed by atoms with Gasteiger partial charge in [-0.25, -0.2) is 8.42 Å². The van der Waals surface area contributed by atoms with E-state index in [-0.39, 0.29) is 23.0 Å². The van der Waals surface area contributed by atoms with Crippen LogP contribution < -0.4 is 14.4 Å². The van der Waals surface area contributed by atoms with Gasteiger partial charge in [-0.15, -0.1) is 0 Å². The second-order valence-corrected chi connectivity index (χ2v) is 13.8. The molecule has 0 saturated carbocycles. The second-order valence-electron chi connectivity index (χ2n) is 11.5. The first kappa shape index (κ1) is 33.6. The summed E-state index contributed by atoms with van der Waals surface area (Å²) >= 11 is 6.10. The average molecular weight is 648 g/mol. The van der Waals surface area contributed by atoms with Crippen LogP contribution in [0.1, 0.15) is 39.7 Å². The number of ether oxygens (including phenoxy) is 1. The topological polar surface area (TPSA) is 96.0 Å². The normalized spacial score (nSPS) is 12.2. The minimum Gasteiger partial charge on any atom is -0.457 e. The first-order chi connectivity index (χ1) is 21.4. The molecule has 1 N–H and O–H groups in total. The van der Waals surface area contributed by atoms with E-state index < -0.39 is 34.1 Å². The van der Waals surface area contributed by atoms with Gasteiger partial charge < -0.3 is 15.0 Å². The van der Waals surface area contributed by atoms with E-state index >= 15 is 0 Å². The molecule has 4 aromatic carbocycles. The van der Waals surface area contributed by atoms with Gasteiger partial charge in [0.15, 0.2) is 0 Å². The molecule has 0 heterocycles. The van der Waals surface area contributed by atoms with Gasteiger partial charge in [0.2, 0.25) is 11.8 Å². The van der Waals surface area contributed by atoms with Crippen LogP contribution in [0.2, 0.25) is 5.02 Å². The Morgan fingerprint density at radius 2 is 1.38 bits per heavy atom. The summed E-state index contributed by atoms with van der Waals surface area (Å²) in [5.41, 5.74) is 0.479. The van der Waals surface area contributed by atoms with Crippen LogP contribution in [0.15, 0.2) is 114 Å². The first-order valence-electron chi connectivity index (χ1n) is 14.6. The number of carbonyl (C=O) groups is 2. The number of halogens is 1. The zero-order valence-electron chi connectivity index (χ0n) is 25.8. The summed E-state index contributed by atoms with van der Waals surface area (Å²) in [4.78, 5) is 29.2. The van der Waals surface area contributed by atoms with Gasteiger partial charge in [-0.3, -0.25) is 13.9 Å². The molecular weight excluding hydrogens is 610 g/mol. The third kappa shape index (κ3) is 9.09. The molecule has 0 bridgehead atoms. The molecule has 10 heteroatoms. The van der Waals surface area contributed by atoms with Gasteiger partial charge in [0.05, 0.1) is 10.6 Å². The third-order valence-corrected chi connectivity index (χ3v) is 8.90. The number of nitrogens with zero attached hydrogens (tertiary/aromatic N) is 2. The van der Waals surface area contributed by atoms with Crippen molar-refractivity contribution in [2.24, 2.45) is 0 Å². The molecule has 4 rings (SSSR count). The molecule has 0 fully saturated rings. The van der Waals surface area contributed by atoms with E-state index in [4.69, 9.17) is 16.3 Å². The fourth-order valence-corrected chi connectivity index (χ4v) is 6.27. The van der Waals surface area contributed by atoms with Crippen molar-refractivity contribution in [2.45, 2.75) is 57.1 Å². The summed E-state index contributed by atoms with van der Waals surface area (Å²) in [5, 5.41) is 3.50. The number of amides is 2. The van der Waals surface area contributed by atoms with E-state index in [1.54, 1.807) is 66.7 Å². The Morgan fingerprint density at radius 1 is 0.822 bits per heavy atom. The molecule has 0 aliphatic rings. The molecule has 0 spiro atoms. The monoisotopic (exact) mass is 647 g/mol. The number of benzene rings is 4. The Balaban J connectivity index is 1.72. The van der Waals surface area contributed by atoms with Crippen molar-refractivity contribution in [3.8, 4) is 11.5 Å². The van der Waals surface area contributed by atoms with Crippen molar-refractivity contribution in [1.29, 1.82) is 0 Å². The molecule has 0 radical (unpaired) electrons. The van der Waals surface area contributed by atoms with E-state index in [9.17, 15) is 18.0 Å². The van der Waals surface area contributed by atoms with Gasteiger partial charge in [0.25, 0.3) is 10.0 Å². The maximum absolute atomic E-state index is 14.2. The van der Waals surface area contributed by atoms with E-state index in [1.807, 2.05) is 58.0 Å². The van der Waals surface area contributed by atoms with Crippen molar-refractivity contribution in [2.75, 3.05) is 10.8 Å². The quantitative estimate of drug-likeness (QED) is 0.178. The van der Waals surface area contributed by atoms with Gasteiger partial charge in [0, 0.05) is 17.1 Å². The van der Waals surface area contributed by atoms with Crippen LogP contribution in [0.5, 0.6) is 11.5 Å². The molecule has 0 saturated heterocycles. The standard InChI is InChI=1S/C35H38ClN3O5S/c1-5-32(34(41)37-35(2,3)4)38(24-26-16-18-27(36)19-17-26)33(40)25-39(45(42,43)31-14-10-7-11-15-31)28-20-22-30(23-21-28)44-29-12-8-6-9-13-29/h6-23,32H,5,24-25H2,1-4H3,(H,37,41). The summed E-state index contributed by atoms with van der Waals surface area (Å²) in [6.45, 7) is 6.95. The fraction of sp³-hybridized carbons (Fsp3) is 0.257. The van der Waals surface area contributed by atoms with Gasteiger partial charge in [0.1, 0.15) is 24.1 Å². The Labute approximate surface area is 270 Å². The third-order valence-electron chi connectivity index (χ3n) is 6.86. The second kappa shape index (κ2) is 14.6. The zero-order chi connectivity index (χ0) is 32.6. The number of anilines is 1. The van der Waals surface area contributed by atoms with Crippen LogP contribution in [-0.4, -0.2) is 43.3 Å². The summed E-state index contributed by atoms with van der Waals surface area (Å²) in [6.07, 6.45) is 0.318. The predicted octanol–water partition coefficient (Wildman–Crippen LogP) is 7.05. The van der Waals surface area contributed by atoms with Crippen molar-refractivity contribution in [3.05, 3.63) is 120 Å². The number of rotatable bonds is 12. The van der Waals surface area contributed by atoms with Crippen LogP contribution in [-0.2, 0) is 26.2 Å². The Bertz CT molecular complexity index is 1680. The minimum atomic E-state index is -4.19. The van der Waals surface area contributed by atoms with Gasteiger partial charge in [-0.05, 0) is 93.4 Å². The maximum Gasteiger partial charge on any atom is 0.264 e. The van der Waals surface area contributed by atoms with E-state index in [1.165, 1.54) is 17.0 Å². The van der Waals surface area contributed by atoms with E-state index in [0.29, 0.717) is 22.9 Å². The lowest BCUT2D eigenvalue weighted by Crippen LogP contribution is -2.55. The highest BCUT2D eigenvalue weighted by Gasteiger charge is 2.34. The van der Waals surface area contributed by atoms with Crippen molar-refractivity contribution in [1.82, 2.24) is 10.2 Å². The predicted molar refractivity (Wildman–Crippen MR) is 178 cm³/mol. The lowest BCUT2D eigenvalue weighted by molar-refractivity contribution is -0.141. The lowest BCUT2D eigenvalue weighted by Gasteiger charge is -2.34. The number of para-hydroxylation sites is 1. The summed E-state index contributed by atoms with van der Waals surface area (Å²) in [6, 6.07) is 29.8. The Morgan fingerprint density at radius 3 is 1.93 bits per heavy atom. The highest BCUT2D eigenvalue weighted by molar-refractivity contribution is 7.92. The highest BCUT2D eigenvalue weighted by atomic mass is 35.5. The zero-order valence-corrected chi connectivity index (χ0v) is 27.4. The van der Waals surface area contributed by atoms with Gasteiger partial charge in [-0.2, -0.15) is 0 Å². The number of hydrogen-bond donors (Lipinski definition) is 1. The average Bonchev–Trinajstić information content (AvgIpc) is 3.01. The van der Waals surface area contributed by atoms with E-state index in [2.05, 4.69) is 5.32 Å². The maximum atomic E-state index is 14.2. The summed E-state index contributed by atoms with van der Waals surface area (Å²) in [5.74, 6) is 0.269. The molecular formula is C35H38ClN3O5S. The van der Waals surface area contributed by atoms with Crippen LogP contribution in [0.3, 0.4) is 0 Å². The molecule has 8 nitrogen and oxygen atoms in total. The van der Waals surface area contributed by atoms with E-state index in [0.717, 1.165) is 9.87 Å². The molecule has 0 aromatic heterocycles. The van der Waals surface area contributed by atoms with Crippen LogP contribution in [0.4, 0.5) is 5.69 Å². The summed E-state index contributed by atoms with van der Waals surface area (Å²) in [7, 11) is -4.19. The molecule has 0 aliphatic heterocycles. The first-order valence-corrected chi connectivity index (χ1v) is 16.5. The smallest absolute Gasteiger partial charge is 0.264 e.